The Morgan fingerprint density at radius 2 is 2.38 bits per heavy atom. The number of hydrogen-bond donors (Lipinski definition) is 0. The summed E-state index contributed by atoms with van der Waals surface area (Å²) in [4.78, 5) is 2.31. The smallest absolute Gasteiger partial charge is 0.0637 e. The quantitative estimate of drug-likeness (QED) is 0.663. The molecule has 0 aromatic heterocycles. The van der Waals surface area contributed by atoms with Crippen molar-refractivity contribution in [2.45, 2.75) is 26.2 Å². The molecule has 0 spiro atoms. The first-order chi connectivity index (χ1) is 6.24. The van der Waals surface area contributed by atoms with Gasteiger partial charge >= 0.3 is 0 Å². The summed E-state index contributed by atoms with van der Waals surface area (Å²) in [5, 5.41) is 0. The van der Waals surface area contributed by atoms with E-state index in [0.717, 1.165) is 19.1 Å². The minimum atomic E-state index is 0.823. The first-order valence-electron chi connectivity index (χ1n) is 5.13. The summed E-state index contributed by atoms with van der Waals surface area (Å²) in [6, 6.07) is 0. The maximum atomic E-state index is 5.06. The highest BCUT2D eigenvalue weighted by Gasteiger charge is 2.12. The molecule has 0 aromatic carbocycles. The molecule has 1 atom stereocenters. The molecule has 0 saturated carbocycles. The summed E-state index contributed by atoms with van der Waals surface area (Å²) >= 11 is 0. The van der Waals surface area contributed by atoms with Gasteiger partial charge in [-0.15, -0.1) is 0 Å². The van der Waals surface area contributed by atoms with Crippen LogP contribution in [-0.2, 0) is 4.74 Å². The highest BCUT2D eigenvalue weighted by atomic mass is 16.5. The lowest BCUT2D eigenvalue weighted by molar-refractivity contribution is 0.171. The van der Waals surface area contributed by atoms with Crippen molar-refractivity contribution in [2.75, 3.05) is 27.3 Å². The normalized spacial score (nSPS) is 22.7. The number of ether oxygens (including phenoxy) is 1. The summed E-state index contributed by atoms with van der Waals surface area (Å²) < 4.78 is 5.06. The van der Waals surface area contributed by atoms with Crippen molar-refractivity contribution in [1.82, 2.24) is 4.90 Å². The Bertz CT molecular complexity index is 177. The molecule has 1 aliphatic rings. The maximum Gasteiger partial charge on any atom is 0.0637 e. The predicted molar refractivity (Wildman–Crippen MR) is 55.6 cm³/mol. The predicted octanol–water partition coefficient (Wildman–Crippen LogP) is 2.27. The van der Waals surface area contributed by atoms with Crippen LogP contribution in [0.2, 0.25) is 0 Å². The van der Waals surface area contributed by atoms with Crippen molar-refractivity contribution in [3.8, 4) is 0 Å². The second-order valence-corrected chi connectivity index (χ2v) is 3.99. The van der Waals surface area contributed by atoms with Crippen molar-refractivity contribution >= 4 is 0 Å². The Morgan fingerprint density at radius 1 is 1.62 bits per heavy atom. The van der Waals surface area contributed by atoms with Crippen molar-refractivity contribution in [1.29, 1.82) is 0 Å². The minimum absolute atomic E-state index is 0.823. The lowest BCUT2D eigenvalue weighted by Crippen LogP contribution is -2.24. The fraction of sp³-hybridized carbons (Fsp3) is 0.818. The van der Waals surface area contributed by atoms with Gasteiger partial charge in [-0.2, -0.15) is 0 Å². The molecule has 0 fully saturated rings. The Kier molecular flexibility index (Phi) is 4.29. The van der Waals surface area contributed by atoms with Crippen LogP contribution in [-0.4, -0.2) is 32.2 Å². The number of likely N-dealkylation sites (N-methyl/N-ethyl adjacent to an activating group) is 1. The van der Waals surface area contributed by atoms with E-state index in [0.29, 0.717) is 0 Å². The number of hydrogen-bond acceptors (Lipinski definition) is 2. The van der Waals surface area contributed by atoms with Crippen LogP contribution in [0.25, 0.3) is 0 Å². The maximum absolute atomic E-state index is 5.06. The van der Waals surface area contributed by atoms with Crippen LogP contribution >= 0.6 is 0 Å². The fourth-order valence-electron chi connectivity index (χ4n) is 1.67. The molecule has 76 valence electrons. The van der Waals surface area contributed by atoms with Gasteiger partial charge in [-0.3, -0.25) is 0 Å². The summed E-state index contributed by atoms with van der Waals surface area (Å²) in [5.41, 5.74) is 1.50. The third kappa shape index (κ3) is 3.39. The van der Waals surface area contributed by atoms with Crippen LogP contribution in [0.4, 0.5) is 0 Å². The van der Waals surface area contributed by atoms with Gasteiger partial charge in [-0.1, -0.05) is 13.0 Å². The largest absolute Gasteiger partial charge is 0.383 e. The van der Waals surface area contributed by atoms with Gasteiger partial charge in [-0.05, 0) is 25.2 Å². The van der Waals surface area contributed by atoms with Crippen molar-refractivity contribution in [3.63, 3.8) is 0 Å². The molecule has 2 heteroatoms. The third-order valence-electron chi connectivity index (χ3n) is 2.77. The summed E-state index contributed by atoms with van der Waals surface area (Å²) in [6.07, 6.45) is 6.20. The van der Waals surface area contributed by atoms with E-state index in [9.17, 15) is 0 Å². The second kappa shape index (κ2) is 5.28. The molecule has 1 aliphatic carbocycles. The molecule has 0 aliphatic heterocycles. The Labute approximate surface area is 81.6 Å². The van der Waals surface area contributed by atoms with Crippen molar-refractivity contribution in [2.24, 2.45) is 5.92 Å². The van der Waals surface area contributed by atoms with Crippen molar-refractivity contribution < 1.29 is 4.74 Å². The van der Waals surface area contributed by atoms with Crippen LogP contribution in [0.3, 0.4) is 0 Å². The van der Waals surface area contributed by atoms with Gasteiger partial charge in [0.05, 0.1) is 6.61 Å². The summed E-state index contributed by atoms with van der Waals surface area (Å²) in [7, 11) is 3.91. The molecule has 0 aromatic rings. The van der Waals surface area contributed by atoms with Gasteiger partial charge in [0.25, 0.3) is 0 Å². The SMILES string of the molecule is COCCN(C)C1=CCC(C)CC1. The molecule has 13 heavy (non-hydrogen) atoms. The molecule has 0 bridgehead atoms. The Balaban J connectivity index is 2.34. The minimum Gasteiger partial charge on any atom is -0.383 e. The highest BCUT2D eigenvalue weighted by Crippen LogP contribution is 2.24. The van der Waals surface area contributed by atoms with E-state index >= 15 is 0 Å². The number of methoxy groups -OCH3 is 1. The van der Waals surface area contributed by atoms with Gasteiger partial charge in [-0.25, -0.2) is 0 Å². The van der Waals surface area contributed by atoms with Crippen LogP contribution in [0.5, 0.6) is 0 Å². The molecule has 0 radical (unpaired) electrons. The summed E-state index contributed by atoms with van der Waals surface area (Å²) in [5.74, 6) is 0.875. The zero-order valence-electron chi connectivity index (χ0n) is 9.05. The average Bonchev–Trinajstić information content (AvgIpc) is 2.15. The van der Waals surface area contributed by atoms with Crippen LogP contribution < -0.4 is 0 Å². The van der Waals surface area contributed by atoms with E-state index in [4.69, 9.17) is 4.74 Å². The standard InChI is InChI=1S/C11H21NO/c1-10-4-6-11(7-5-10)12(2)8-9-13-3/h6,10H,4-5,7-9H2,1-3H3. The second-order valence-electron chi connectivity index (χ2n) is 3.99. The molecule has 0 N–H and O–H groups in total. The number of nitrogens with zero attached hydrogens (tertiary/aromatic N) is 1. The molecule has 0 amide bonds. The van der Waals surface area contributed by atoms with Gasteiger partial charge in [0.1, 0.15) is 0 Å². The lowest BCUT2D eigenvalue weighted by atomic mass is 9.94. The van der Waals surface area contributed by atoms with E-state index in [-0.39, 0.29) is 0 Å². The topological polar surface area (TPSA) is 12.5 Å². The summed E-state index contributed by atoms with van der Waals surface area (Å²) in [6.45, 7) is 4.16. The molecular formula is C11H21NO. The van der Waals surface area contributed by atoms with E-state index in [2.05, 4.69) is 24.9 Å². The van der Waals surface area contributed by atoms with Crippen LogP contribution in [0.15, 0.2) is 11.8 Å². The van der Waals surface area contributed by atoms with Gasteiger partial charge in [0.15, 0.2) is 0 Å². The molecule has 1 rings (SSSR count). The fourth-order valence-corrected chi connectivity index (χ4v) is 1.67. The zero-order valence-corrected chi connectivity index (χ0v) is 9.05. The molecule has 0 saturated heterocycles. The monoisotopic (exact) mass is 183 g/mol. The molecular weight excluding hydrogens is 162 g/mol. The average molecular weight is 183 g/mol. The molecule has 1 unspecified atom stereocenters. The first-order valence-corrected chi connectivity index (χ1v) is 5.13. The number of rotatable bonds is 4. The van der Waals surface area contributed by atoms with Gasteiger partial charge < -0.3 is 9.64 Å². The van der Waals surface area contributed by atoms with Crippen molar-refractivity contribution in [3.05, 3.63) is 11.8 Å². The molecule has 0 heterocycles. The van der Waals surface area contributed by atoms with E-state index in [1.165, 1.54) is 25.0 Å². The van der Waals surface area contributed by atoms with Crippen LogP contribution in [0, 0.1) is 5.92 Å². The van der Waals surface area contributed by atoms with Gasteiger partial charge in [0, 0.05) is 26.4 Å². The van der Waals surface area contributed by atoms with Crippen LogP contribution in [0.1, 0.15) is 26.2 Å². The van der Waals surface area contributed by atoms with E-state index in [1.807, 2.05) is 0 Å². The molecule has 2 nitrogen and oxygen atoms in total. The Morgan fingerprint density at radius 3 is 2.92 bits per heavy atom. The van der Waals surface area contributed by atoms with Gasteiger partial charge in [0.2, 0.25) is 0 Å². The first kappa shape index (κ1) is 10.6. The van der Waals surface area contributed by atoms with E-state index in [1.54, 1.807) is 7.11 Å². The zero-order chi connectivity index (χ0) is 9.68. The highest BCUT2D eigenvalue weighted by molar-refractivity contribution is 5.04. The third-order valence-corrected chi connectivity index (χ3v) is 2.77. The lowest BCUT2D eigenvalue weighted by Gasteiger charge is -2.27. The Hall–Kier alpha value is -0.500. The number of allylic oxidation sites excluding steroid dienone is 2. The van der Waals surface area contributed by atoms with E-state index < -0.39 is 0 Å².